The lowest BCUT2D eigenvalue weighted by Gasteiger charge is -2.28. The first-order chi connectivity index (χ1) is 13.2. The van der Waals surface area contributed by atoms with Gasteiger partial charge in [0.2, 0.25) is 0 Å². The third kappa shape index (κ3) is 4.01. The summed E-state index contributed by atoms with van der Waals surface area (Å²) in [6.45, 7) is 1.34. The summed E-state index contributed by atoms with van der Waals surface area (Å²) in [5, 5.41) is 6.19. The van der Waals surface area contributed by atoms with Gasteiger partial charge in [-0.05, 0) is 41.8 Å². The van der Waals surface area contributed by atoms with Crippen molar-refractivity contribution in [3.63, 3.8) is 0 Å². The van der Waals surface area contributed by atoms with E-state index in [1.807, 2.05) is 47.4 Å². The molecule has 2 N–H and O–H groups in total. The summed E-state index contributed by atoms with van der Waals surface area (Å²) < 4.78 is 0. The topological polar surface area (TPSA) is 61.4 Å². The first-order valence-corrected chi connectivity index (χ1v) is 9.59. The van der Waals surface area contributed by atoms with E-state index in [2.05, 4.69) is 22.8 Å². The average Bonchev–Trinajstić information content (AvgIpc) is 3.16. The van der Waals surface area contributed by atoms with Crippen LogP contribution in [0.4, 0.5) is 15.5 Å². The number of anilines is 2. The molecule has 3 amide bonds. The maximum absolute atomic E-state index is 12.8. The van der Waals surface area contributed by atoms with Crippen molar-refractivity contribution in [3.8, 4) is 0 Å². The number of nitrogens with one attached hydrogen (secondary N) is 2. The molecule has 1 aromatic heterocycles. The summed E-state index contributed by atoms with van der Waals surface area (Å²) in [4.78, 5) is 27.4. The molecule has 0 fully saturated rings. The number of rotatable bonds is 3. The van der Waals surface area contributed by atoms with Gasteiger partial charge >= 0.3 is 6.03 Å². The Hall–Kier alpha value is -3.12. The van der Waals surface area contributed by atoms with Crippen LogP contribution in [-0.4, -0.2) is 23.4 Å². The Balaban J connectivity index is 1.39. The van der Waals surface area contributed by atoms with Crippen LogP contribution in [0.5, 0.6) is 0 Å². The first-order valence-electron chi connectivity index (χ1n) is 8.78. The number of fused-ring (bicyclic) bond motifs is 1. The van der Waals surface area contributed by atoms with Gasteiger partial charge in [0.15, 0.2) is 0 Å². The number of carbonyl (C=O) groups is 2. The third-order valence-corrected chi connectivity index (χ3v) is 5.49. The van der Waals surface area contributed by atoms with Crippen molar-refractivity contribution in [1.29, 1.82) is 0 Å². The second kappa shape index (κ2) is 7.63. The summed E-state index contributed by atoms with van der Waals surface area (Å²) >= 11 is 1.29. The van der Waals surface area contributed by atoms with E-state index < -0.39 is 0 Å². The van der Waals surface area contributed by atoms with Crippen LogP contribution in [0.3, 0.4) is 0 Å². The van der Waals surface area contributed by atoms with Crippen molar-refractivity contribution < 1.29 is 9.59 Å². The Morgan fingerprint density at radius 2 is 1.59 bits per heavy atom. The average molecular weight is 377 g/mol. The molecule has 3 aromatic rings. The monoisotopic (exact) mass is 377 g/mol. The SMILES string of the molecule is O=C(Nc1ccccc1)Nc1ccc(C(=O)N2CCc3ccccc3C2)s1. The molecule has 0 atom stereocenters. The van der Waals surface area contributed by atoms with E-state index in [0.29, 0.717) is 23.0 Å². The predicted molar refractivity (Wildman–Crippen MR) is 108 cm³/mol. The van der Waals surface area contributed by atoms with Crippen LogP contribution in [0.1, 0.15) is 20.8 Å². The number of thiophene rings is 1. The molecule has 27 heavy (non-hydrogen) atoms. The molecule has 0 unspecified atom stereocenters. The molecule has 6 heteroatoms. The van der Waals surface area contributed by atoms with Crippen LogP contribution in [-0.2, 0) is 13.0 Å². The lowest BCUT2D eigenvalue weighted by molar-refractivity contribution is 0.0739. The quantitative estimate of drug-likeness (QED) is 0.701. The van der Waals surface area contributed by atoms with Gasteiger partial charge in [-0.15, -0.1) is 11.3 Å². The summed E-state index contributed by atoms with van der Waals surface area (Å²) in [5.41, 5.74) is 3.23. The molecule has 0 bridgehead atoms. The van der Waals surface area contributed by atoms with Crippen molar-refractivity contribution in [3.05, 3.63) is 82.7 Å². The van der Waals surface area contributed by atoms with E-state index in [4.69, 9.17) is 0 Å². The molecule has 0 saturated heterocycles. The minimum Gasteiger partial charge on any atom is -0.333 e. The molecule has 136 valence electrons. The Kier molecular flexibility index (Phi) is 4.89. The van der Waals surface area contributed by atoms with Crippen LogP contribution in [0, 0.1) is 0 Å². The van der Waals surface area contributed by atoms with Gasteiger partial charge in [-0.2, -0.15) is 0 Å². The van der Waals surface area contributed by atoms with Gasteiger partial charge in [0.05, 0.1) is 9.88 Å². The summed E-state index contributed by atoms with van der Waals surface area (Å²) in [5.74, 6) is 0.00557. The molecular weight excluding hydrogens is 358 g/mol. The number of carbonyl (C=O) groups excluding carboxylic acids is 2. The molecule has 1 aliphatic heterocycles. The fraction of sp³-hybridized carbons (Fsp3) is 0.143. The summed E-state index contributed by atoms with van der Waals surface area (Å²) in [6.07, 6.45) is 0.873. The van der Waals surface area contributed by atoms with E-state index in [-0.39, 0.29) is 11.9 Å². The predicted octanol–water partition coefficient (Wildman–Crippen LogP) is 4.59. The largest absolute Gasteiger partial charge is 0.333 e. The van der Waals surface area contributed by atoms with Gasteiger partial charge in [0.1, 0.15) is 0 Å². The number of para-hydroxylation sites is 1. The van der Waals surface area contributed by atoms with Crippen LogP contribution in [0.15, 0.2) is 66.7 Å². The molecule has 0 aliphatic carbocycles. The van der Waals surface area contributed by atoms with Crippen molar-refractivity contribution in [1.82, 2.24) is 4.90 Å². The van der Waals surface area contributed by atoms with Gasteiger partial charge in [0.25, 0.3) is 5.91 Å². The van der Waals surface area contributed by atoms with Crippen molar-refractivity contribution in [2.45, 2.75) is 13.0 Å². The van der Waals surface area contributed by atoms with E-state index in [0.717, 1.165) is 12.1 Å². The molecule has 1 aliphatic rings. The fourth-order valence-electron chi connectivity index (χ4n) is 3.14. The second-order valence-electron chi connectivity index (χ2n) is 6.35. The Morgan fingerprint density at radius 3 is 2.41 bits per heavy atom. The van der Waals surface area contributed by atoms with Gasteiger partial charge < -0.3 is 10.2 Å². The maximum atomic E-state index is 12.8. The Labute approximate surface area is 161 Å². The smallest absolute Gasteiger partial charge is 0.324 e. The van der Waals surface area contributed by atoms with E-state index in [9.17, 15) is 9.59 Å². The highest BCUT2D eigenvalue weighted by Crippen LogP contribution is 2.26. The van der Waals surface area contributed by atoms with Gasteiger partial charge in [0, 0.05) is 18.8 Å². The molecule has 0 radical (unpaired) electrons. The number of benzene rings is 2. The number of hydrogen-bond acceptors (Lipinski definition) is 3. The fourth-order valence-corrected chi connectivity index (χ4v) is 4.01. The van der Waals surface area contributed by atoms with E-state index >= 15 is 0 Å². The third-order valence-electron chi connectivity index (χ3n) is 4.50. The molecule has 0 saturated carbocycles. The van der Waals surface area contributed by atoms with E-state index in [1.54, 1.807) is 12.1 Å². The Bertz CT molecular complexity index is 968. The molecular formula is C21H19N3O2S. The van der Waals surface area contributed by atoms with Gasteiger partial charge in [-0.25, -0.2) is 4.79 Å². The van der Waals surface area contributed by atoms with Crippen LogP contribution in [0.25, 0.3) is 0 Å². The zero-order chi connectivity index (χ0) is 18.6. The highest BCUT2D eigenvalue weighted by Gasteiger charge is 2.22. The normalized spacial score (nSPS) is 13.0. The second-order valence-corrected chi connectivity index (χ2v) is 7.44. The lowest BCUT2D eigenvalue weighted by Crippen LogP contribution is -2.35. The number of urea groups is 1. The van der Waals surface area contributed by atoms with Crippen LogP contribution in [0.2, 0.25) is 0 Å². The summed E-state index contributed by atoms with van der Waals surface area (Å²) in [7, 11) is 0. The number of hydrogen-bond donors (Lipinski definition) is 2. The van der Waals surface area contributed by atoms with Crippen molar-refractivity contribution in [2.75, 3.05) is 17.2 Å². The highest BCUT2D eigenvalue weighted by molar-refractivity contribution is 7.18. The molecule has 0 spiro atoms. The lowest BCUT2D eigenvalue weighted by atomic mass is 10.00. The minimum absolute atomic E-state index is 0.00557. The Morgan fingerprint density at radius 1 is 0.852 bits per heavy atom. The zero-order valence-electron chi connectivity index (χ0n) is 14.6. The van der Waals surface area contributed by atoms with Crippen LogP contribution < -0.4 is 10.6 Å². The van der Waals surface area contributed by atoms with Gasteiger partial charge in [-0.1, -0.05) is 42.5 Å². The summed E-state index contributed by atoms with van der Waals surface area (Å²) in [6, 6.07) is 20.7. The standard InChI is InChI=1S/C21H19N3O2S/c25-20(24-13-12-15-6-4-5-7-16(15)14-24)18-10-11-19(27-18)23-21(26)22-17-8-2-1-3-9-17/h1-11H,12-14H2,(H2,22,23,26). The van der Waals surface area contributed by atoms with Crippen LogP contribution >= 0.6 is 11.3 Å². The van der Waals surface area contributed by atoms with Crippen molar-refractivity contribution in [2.24, 2.45) is 0 Å². The first kappa shape index (κ1) is 17.3. The number of amides is 3. The minimum atomic E-state index is -0.325. The molecule has 4 rings (SSSR count). The van der Waals surface area contributed by atoms with E-state index in [1.165, 1.54) is 22.5 Å². The number of nitrogens with zero attached hydrogens (tertiary/aromatic N) is 1. The molecule has 2 heterocycles. The highest BCUT2D eigenvalue weighted by atomic mass is 32.1. The molecule has 5 nitrogen and oxygen atoms in total. The maximum Gasteiger partial charge on any atom is 0.324 e. The van der Waals surface area contributed by atoms with Gasteiger partial charge in [-0.3, -0.25) is 10.1 Å². The van der Waals surface area contributed by atoms with Crippen molar-refractivity contribution >= 4 is 34.0 Å². The molecule has 2 aromatic carbocycles. The zero-order valence-corrected chi connectivity index (χ0v) is 15.5.